The zero-order valence-electron chi connectivity index (χ0n) is 18.6. The van der Waals surface area contributed by atoms with Gasteiger partial charge in [0.2, 0.25) is 0 Å². The molecule has 1 atom stereocenters. The van der Waals surface area contributed by atoms with Crippen LogP contribution < -0.4 is 4.74 Å². The van der Waals surface area contributed by atoms with E-state index in [4.69, 9.17) is 9.47 Å². The second kappa shape index (κ2) is 9.82. The molecule has 0 saturated heterocycles. The molecule has 1 aliphatic rings. The first-order valence-corrected chi connectivity index (χ1v) is 10.4. The van der Waals surface area contributed by atoms with Gasteiger partial charge in [-0.15, -0.1) is 0 Å². The largest absolute Gasteiger partial charge is 0.506 e. The summed E-state index contributed by atoms with van der Waals surface area (Å²) in [6.45, 7) is 12.3. The maximum atomic E-state index is 12.2. The lowest BCUT2D eigenvalue weighted by Crippen LogP contribution is -2.32. The Kier molecular flexibility index (Phi) is 7.72. The Morgan fingerprint density at radius 3 is 2.62 bits per heavy atom. The van der Waals surface area contributed by atoms with Crippen LogP contribution in [0.15, 0.2) is 35.4 Å². The number of ether oxygens (including phenoxy) is 2. The number of aryl methyl sites for hydroxylation is 1. The molecule has 0 fully saturated rings. The number of allylic oxidation sites excluding steroid dienone is 4. The highest BCUT2D eigenvalue weighted by molar-refractivity contribution is 5.96. The van der Waals surface area contributed by atoms with Gasteiger partial charge in [0.25, 0.3) is 0 Å². The molecule has 0 unspecified atom stereocenters. The SMILES string of the molecule is CCOC(=O)c1c(C)cc2c(c1O)C=C[C@](C)(CC/C=C(\C)CCC=C(C)C)O2. The highest BCUT2D eigenvalue weighted by Crippen LogP contribution is 2.41. The van der Waals surface area contributed by atoms with Gasteiger partial charge in [0.05, 0.1) is 12.2 Å². The zero-order valence-corrected chi connectivity index (χ0v) is 18.6. The summed E-state index contributed by atoms with van der Waals surface area (Å²) in [4.78, 5) is 12.2. The van der Waals surface area contributed by atoms with Crippen molar-refractivity contribution in [2.75, 3.05) is 6.61 Å². The van der Waals surface area contributed by atoms with Crippen molar-refractivity contribution in [3.05, 3.63) is 52.1 Å². The van der Waals surface area contributed by atoms with E-state index in [9.17, 15) is 9.90 Å². The van der Waals surface area contributed by atoms with Gasteiger partial charge in [-0.25, -0.2) is 4.79 Å². The summed E-state index contributed by atoms with van der Waals surface area (Å²) in [6.07, 6.45) is 12.3. The summed E-state index contributed by atoms with van der Waals surface area (Å²) < 4.78 is 11.3. The van der Waals surface area contributed by atoms with E-state index in [1.807, 2.05) is 25.1 Å². The molecule has 0 radical (unpaired) electrons. The summed E-state index contributed by atoms with van der Waals surface area (Å²) in [7, 11) is 0. The summed E-state index contributed by atoms with van der Waals surface area (Å²) in [5.41, 5.74) is 3.68. The molecule has 1 N–H and O–H groups in total. The number of carbonyl (C=O) groups is 1. The second-order valence-electron chi connectivity index (χ2n) is 8.21. The van der Waals surface area contributed by atoms with Gasteiger partial charge < -0.3 is 14.6 Å². The highest BCUT2D eigenvalue weighted by atomic mass is 16.5. The topological polar surface area (TPSA) is 55.8 Å². The third-order valence-electron chi connectivity index (χ3n) is 5.15. The monoisotopic (exact) mass is 398 g/mol. The van der Waals surface area contributed by atoms with Crippen LogP contribution in [-0.2, 0) is 4.74 Å². The number of phenolic OH excluding ortho intramolecular Hbond substituents is 1. The van der Waals surface area contributed by atoms with Crippen molar-refractivity contribution in [3.8, 4) is 11.5 Å². The Morgan fingerprint density at radius 2 is 1.97 bits per heavy atom. The molecule has 4 heteroatoms. The number of esters is 1. The maximum Gasteiger partial charge on any atom is 0.342 e. The van der Waals surface area contributed by atoms with Gasteiger partial charge in [-0.2, -0.15) is 0 Å². The van der Waals surface area contributed by atoms with Crippen LogP contribution in [0.2, 0.25) is 0 Å². The van der Waals surface area contributed by atoms with Crippen molar-refractivity contribution in [1.29, 1.82) is 0 Å². The van der Waals surface area contributed by atoms with Gasteiger partial charge in [0.15, 0.2) is 0 Å². The van der Waals surface area contributed by atoms with Crippen molar-refractivity contribution in [1.82, 2.24) is 0 Å². The Hall–Kier alpha value is -2.49. The Balaban J connectivity index is 2.09. The molecule has 0 saturated carbocycles. The molecular weight excluding hydrogens is 364 g/mol. The molecule has 0 amide bonds. The van der Waals surface area contributed by atoms with Gasteiger partial charge in [-0.05, 0) is 91.0 Å². The minimum atomic E-state index is -0.513. The molecule has 1 aromatic carbocycles. The maximum absolute atomic E-state index is 12.2. The van der Waals surface area contributed by atoms with Crippen molar-refractivity contribution in [2.45, 2.75) is 72.8 Å². The molecule has 1 heterocycles. The Morgan fingerprint density at radius 1 is 1.24 bits per heavy atom. The minimum Gasteiger partial charge on any atom is -0.506 e. The van der Waals surface area contributed by atoms with Gasteiger partial charge >= 0.3 is 5.97 Å². The van der Waals surface area contributed by atoms with E-state index in [1.165, 1.54) is 11.1 Å². The first-order chi connectivity index (χ1) is 13.7. The first-order valence-electron chi connectivity index (χ1n) is 10.4. The number of hydrogen-bond acceptors (Lipinski definition) is 4. The fraction of sp³-hybridized carbons (Fsp3) is 0.480. The summed E-state index contributed by atoms with van der Waals surface area (Å²) >= 11 is 0. The van der Waals surface area contributed by atoms with E-state index in [2.05, 4.69) is 32.9 Å². The molecule has 29 heavy (non-hydrogen) atoms. The molecule has 158 valence electrons. The molecule has 0 aliphatic carbocycles. The fourth-order valence-electron chi connectivity index (χ4n) is 3.47. The summed E-state index contributed by atoms with van der Waals surface area (Å²) in [6, 6.07) is 1.81. The lowest BCUT2D eigenvalue weighted by molar-refractivity contribution is 0.0522. The predicted octanol–water partition coefficient (Wildman–Crippen LogP) is 6.51. The van der Waals surface area contributed by atoms with Crippen LogP contribution >= 0.6 is 0 Å². The molecule has 1 aliphatic heterocycles. The lowest BCUT2D eigenvalue weighted by Gasteiger charge is -2.32. The second-order valence-corrected chi connectivity index (χ2v) is 8.21. The van der Waals surface area contributed by atoms with Crippen LogP contribution in [0.3, 0.4) is 0 Å². The third-order valence-corrected chi connectivity index (χ3v) is 5.15. The third kappa shape index (κ3) is 5.99. The first kappa shape index (κ1) is 22.8. The summed E-state index contributed by atoms with van der Waals surface area (Å²) in [5.74, 6) is 0.00910. The quantitative estimate of drug-likeness (QED) is 0.400. The molecule has 0 spiro atoms. The van der Waals surface area contributed by atoms with Gasteiger partial charge in [0, 0.05) is 0 Å². The normalized spacial score (nSPS) is 18.1. The Bertz CT molecular complexity index is 841. The van der Waals surface area contributed by atoms with Crippen LogP contribution in [0.5, 0.6) is 11.5 Å². The van der Waals surface area contributed by atoms with Gasteiger partial charge in [-0.1, -0.05) is 23.3 Å². The number of hydrogen-bond donors (Lipinski definition) is 1. The van der Waals surface area contributed by atoms with Crippen LogP contribution in [0.4, 0.5) is 0 Å². The van der Waals surface area contributed by atoms with Crippen molar-refractivity contribution < 1.29 is 19.4 Å². The zero-order chi connectivity index (χ0) is 21.6. The average Bonchev–Trinajstić information content (AvgIpc) is 2.61. The number of rotatable bonds is 8. The number of fused-ring (bicyclic) bond motifs is 1. The standard InChI is InChI=1S/C25H34O4/c1-7-28-24(27)22-19(5)16-21-20(23(22)26)13-15-25(6,29-21)14-9-12-18(4)11-8-10-17(2)3/h10,12-13,15-16,26H,7-9,11,14H2,1-6H3/b18-12+/t25-/m0/s1. The van der Waals surface area contributed by atoms with Crippen molar-refractivity contribution >= 4 is 12.0 Å². The number of aromatic hydroxyl groups is 1. The smallest absolute Gasteiger partial charge is 0.342 e. The molecule has 0 bridgehead atoms. The van der Waals surface area contributed by atoms with Crippen molar-refractivity contribution in [3.63, 3.8) is 0 Å². The van der Waals surface area contributed by atoms with E-state index in [1.54, 1.807) is 13.8 Å². The van der Waals surface area contributed by atoms with Gasteiger partial charge in [0.1, 0.15) is 22.7 Å². The van der Waals surface area contributed by atoms with Crippen LogP contribution in [0, 0.1) is 6.92 Å². The molecule has 1 aromatic rings. The predicted molar refractivity (Wildman–Crippen MR) is 119 cm³/mol. The molecular formula is C25H34O4. The molecule has 2 rings (SSSR count). The summed E-state index contributed by atoms with van der Waals surface area (Å²) in [5, 5.41) is 10.6. The number of phenols is 1. The average molecular weight is 399 g/mol. The van der Waals surface area contributed by atoms with E-state index in [0.717, 1.165) is 25.7 Å². The van der Waals surface area contributed by atoms with E-state index in [0.29, 0.717) is 16.9 Å². The van der Waals surface area contributed by atoms with Crippen LogP contribution in [-0.4, -0.2) is 23.3 Å². The lowest BCUT2D eigenvalue weighted by atomic mass is 9.92. The molecule has 0 aromatic heterocycles. The van der Waals surface area contributed by atoms with E-state index < -0.39 is 11.6 Å². The van der Waals surface area contributed by atoms with Crippen LogP contribution in [0.25, 0.3) is 6.08 Å². The number of carbonyl (C=O) groups excluding carboxylic acids is 1. The van der Waals surface area contributed by atoms with Gasteiger partial charge in [-0.3, -0.25) is 0 Å². The number of benzene rings is 1. The Labute approximate surface area is 174 Å². The van der Waals surface area contributed by atoms with Crippen LogP contribution in [0.1, 0.15) is 81.8 Å². The minimum absolute atomic E-state index is 0.0771. The van der Waals surface area contributed by atoms with Crippen molar-refractivity contribution in [2.24, 2.45) is 0 Å². The fourth-order valence-corrected chi connectivity index (χ4v) is 3.47. The molecule has 4 nitrogen and oxygen atoms in total. The van der Waals surface area contributed by atoms with E-state index in [-0.39, 0.29) is 17.9 Å². The van der Waals surface area contributed by atoms with E-state index >= 15 is 0 Å². The highest BCUT2D eigenvalue weighted by Gasteiger charge is 2.30.